The average molecular weight is 465 g/mol. The van der Waals surface area contributed by atoms with Crippen LogP contribution in [0, 0.1) is 5.92 Å². The lowest BCUT2D eigenvalue weighted by molar-refractivity contribution is -0.117. The van der Waals surface area contributed by atoms with Crippen molar-refractivity contribution in [3.8, 4) is 0 Å². The molecule has 8 heteroatoms. The van der Waals surface area contributed by atoms with Gasteiger partial charge in [-0.1, -0.05) is 37.6 Å². The number of hydrogen-bond donors (Lipinski definition) is 2. The van der Waals surface area contributed by atoms with Gasteiger partial charge in [-0.2, -0.15) is 4.99 Å². The lowest BCUT2D eigenvalue weighted by atomic mass is 10.1. The minimum Gasteiger partial charge on any atom is -0.333 e. The van der Waals surface area contributed by atoms with E-state index in [1.54, 1.807) is 24.4 Å². The van der Waals surface area contributed by atoms with Crippen molar-refractivity contribution in [1.29, 1.82) is 0 Å². The predicted molar refractivity (Wildman–Crippen MR) is 133 cm³/mol. The van der Waals surface area contributed by atoms with Gasteiger partial charge >= 0.3 is 0 Å². The molecule has 0 radical (unpaired) electrons. The highest BCUT2D eigenvalue weighted by molar-refractivity contribution is 8.18. The van der Waals surface area contributed by atoms with Crippen LogP contribution < -0.4 is 10.6 Å². The van der Waals surface area contributed by atoms with E-state index in [0.717, 1.165) is 16.5 Å². The Morgan fingerprint density at radius 2 is 2.03 bits per heavy atom. The van der Waals surface area contributed by atoms with E-state index < -0.39 is 0 Å². The lowest BCUT2D eigenvalue weighted by Crippen LogP contribution is -2.14. The number of nitrogens with one attached hydrogen (secondary N) is 2. The van der Waals surface area contributed by atoms with Crippen LogP contribution >= 0.6 is 23.4 Å². The average Bonchev–Trinajstić information content (AvgIpc) is 3.08. The molecular weight excluding hydrogens is 444 g/mol. The van der Waals surface area contributed by atoms with Crippen LogP contribution in [0.4, 0.5) is 11.4 Å². The number of anilines is 2. The van der Waals surface area contributed by atoms with Gasteiger partial charge in [0.25, 0.3) is 5.91 Å². The normalized spacial score (nSPS) is 14.8. The molecule has 1 aliphatic heterocycles. The molecule has 6 nitrogen and oxygen atoms in total. The van der Waals surface area contributed by atoms with Crippen molar-refractivity contribution in [2.45, 2.75) is 20.3 Å². The van der Waals surface area contributed by atoms with Crippen molar-refractivity contribution in [3.05, 3.63) is 70.2 Å². The highest BCUT2D eigenvalue weighted by atomic mass is 35.5. The summed E-state index contributed by atoms with van der Waals surface area (Å²) >= 11 is 7.55. The van der Waals surface area contributed by atoms with E-state index in [0.29, 0.717) is 32.9 Å². The van der Waals surface area contributed by atoms with E-state index in [1.807, 2.05) is 50.3 Å². The number of nitrogens with zero attached hydrogens (tertiary/aromatic N) is 2. The third kappa shape index (κ3) is 5.36. The first-order valence-corrected chi connectivity index (χ1v) is 11.3. The number of carbonyl (C=O) groups excluding carboxylic acids is 2. The summed E-state index contributed by atoms with van der Waals surface area (Å²) in [5, 5.41) is 7.85. The first-order chi connectivity index (χ1) is 15.4. The van der Waals surface area contributed by atoms with E-state index in [9.17, 15) is 9.59 Å². The summed E-state index contributed by atoms with van der Waals surface area (Å²) in [5.41, 5.74) is 2.98. The van der Waals surface area contributed by atoms with Gasteiger partial charge in [-0.3, -0.25) is 14.6 Å². The molecule has 0 saturated heterocycles. The minimum atomic E-state index is -0.318. The van der Waals surface area contributed by atoms with Crippen LogP contribution in [0.25, 0.3) is 17.0 Å². The van der Waals surface area contributed by atoms with Crippen LogP contribution in [-0.2, 0) is 9.59 Å². The molecule has 2 amide bonds. The zero-order valence-corrected chi connectivity index (χ0v) is 19.1. The number of aliphatic imine (C=N–C) groups is 1. The summed E-state index contributed by atoms with van der Waals surface area (Å²) in [5.74, 6) is -0.118. The Kier molecular flexibility index (Phi) is 6.58. The smallest absolute Gasteiger partial charge is 0.286 e. The molecular formula is C24H21ClN4O2S. The van der Waals surface area contributed by atoms with Crippen LogP contribution in [-0.4, -0.2) is 22.0 Å². The summed E-state index contributed by atoms with van der Waals surface area (Å²) < 4.78 is 0. The molecule has 2 aromatic carbocycles. The second-order valence-corrected chi connectivity index (χ2v) is 9.19. The molecule has 0 unspecified atom stereocenters. The number of aromatic nitrogens is 1. The fraction of sp³-hybridized carbons (Fsp3) is 0.167. The van der Waals surface area contributed by atoms with E-state index >= 15 is 0 Å². The maximum Gasteiger partial charge on any atom is 0.286 e. The number of amidine groups is 1. The molecule has 0 atom stereocenters. The predicted octanol–water partition coefficient (Wildman–Crippen LogP) is 5.96. The Morgan fingerprint density at radius 1 is 1.19 bits per heavy atom. The number of thioether (sulfide) groups is 1. The lowest BCUT2D eigenvalue weighted by Gasteiger charge is -2.11. The maximum atomic E-state index is 12.4. The largest absolute Gasteiger partial charge is 0.333 e. The number of amides is 2. The molecule has 4 rings (SSSR count). The Labute approximate surface area is 195 Å². The zero-order chi connectivity index (χ0) is 22.7. The standard InChI is InChI=1S/C24H21ClN4O2S/c1-14(2)10-22(30)27-17-6-7-18(25)20(13-17)28-24-29-23(31)21(32-24)12-15-5-8-19-16(11-15)4-3-9-26-19/h3-9,11-14H,10H2,1-2H3,(H,27,30)(H,28,29,31)/b21-12-. The van der Waals surface area contributed by atoms with E-state index in [-0.39, 0.29) is 17.7 Å². The summed E-state index contributed by atoms with van der Waals surface area (Å²) in [6.07, 6.45) is 3.99. The van der Waals surface area contributed by atoms with Gasteiger partial charge in [0.1, 0.15) is 0 Å². The molecule has 0 bridgehead atoms. The fourth-order valence-electron chi connectivity index (χ4n) is 3.19. The molecule has 3 aromatic rings. The number of pyridine rings is 1. The van der Waals surface area contributed by atoms with E-state index in [4.69, 9.17) is 11.6 Å². The van der Waals surface area contributed by atoms with E-state index in [2.05, 4.69) is 20.6 Å². The highest BCUT2D eigenvalue weighted by Gasteiger charge is 2.22. The van der Waals surface area contributed by atoms with Gasteiger partial charge in [0.2, 0.25) is 5.91 Å². The maximum absolute atomic E-state index is 12.4. The Balaban J connectivity index is 1.48. The second kappa shape index (κ2) is 9.54. The SMILES string of the molecule is CC(C)CC(=O)Nc1ccc(Cl)c(NC2=NC(=O)/C(=C/c3ccc4ncccc4c3)S2)c1. The number of hydrogen-bond acceptors (Lipinski definition) is 5. The summed E-state index contributed by atoms with van der Waals surface area (Å²) in [7, 11) is 0. The van der Waals surface area contributed by atoms with Crippen molar-refractivity contribution in [3.63, 3.8) is 0 Å². The summed E-state index contributed by atoms with van der Waals surface area (Å²) in [4.78, 5) is 33.4. The number of halogens is 1. The summed E-state index contributed by atoms with van der Waals surface area (Å²) in [6.45, 7) is 3.97. The van der Waals surface area contributed by atoms with Crippen molar-refractivity contribution < 1.29 is 9.59 Å². The highest BCUT2D eigenvalue weighted by Crippen LogP contribution is 2.32. The Morgan fingerprint density at radius 3 is 2.84 bits per heavy atom. The number of benzene rings is 2. The minimum absolute atomic E-state index is 0.0631. The van der Waals surface area contributed by atoms with Crippen molar-refractivity contribution >= 4 is 68.7 Å². The van der Waals surface area contributed by atoms with Gasteiger partial charge in [0, 0.05) is 23.7 Å². The molecule has 0 aliphatic carbocycles. The molecule has 32 heavy (non-hydrogen) atoms. The Hall–Kier alpha value is -3.16. The second-order valence-electron chi connectivity index (χ2n) is 7.75. The monoisotopic (exact) mass is 464 g/mol. The summed E-state index contributed by atoms with van der Waals surface area (Å²) in [6, 6.07) is 14.8. The molecule has 0 spiro atoms. The molecule has 162 valence electrons. The van der Waals surface area contributed by atoms with Gasteiger partial charge in [-0.15, -0.1) is 0 Å². The molecule has 2 N–H and O–H groups in total. The van der Waals surface area contributed by atoms with Crippen molar-refractivity contribution in [2.24, 2.45) is 10.9 Å². The number of fused-ring (bicyclic) bond motifs is 1. The third-order valence-corrected chi connectivity index (χ3v) is 5.86. The molecule has 1 aliphatic rings. The third-order valence-electron chi connectivity index (χ3n) is 4.63. The van der Waals surface area contributed by atoms with Gasteiger partial charge < -0.3 is 10.6 Å². The zero-order valence-electron chi connectivity index (χ0n) is 17.6. The van der Waals surface area contributed by atoms with Crippen LogP contribution in [0.5, 0.6) is 0 Å². The first kappa shape index (κ1) is 22.0. The van der Waals surface area contributed by atoms with Crippen molar-refractivity contribution in [2.75, 3.05) is 10.6 Å². The topological polar surface area (TPSA) is 83.5 Å². The van der Waals surface area contributed by atoms with Gasteiger partial charge in [0.15, 0.2) is 5.17 Å². The van der Waals surface area contributed by atoms with Crippen molar-refractivity contribution in [1.82, 2.24) is 4.98 Å². The molecule has 2 heterocycles. The molecule has 0 saturated carbocycles. The number of carbonyl (C=O) groups is 2. The van der Waals surface area contributed by atoms with Crippen LogP contribution in [0.1, 0.15) is 25.8 Å². The first-order valence-electron chi connectivity index (χ1n) is 10.1. The van der Waals surface area contributed by atoms with E-state index in [1.165, 1.54) is 11.8 Å². The van der Waals surface area contributed by atoms with Crippen LogP contribution in [0.2, 0.25) is 5.02 Å². The molecule has 0 fully saturated rings. The fourth-order valence-corrected chi connectivity index (χ4v) is 4.19. The van der Waals surface area contributed by atoms with Crippen LogP contribution in [0.15, 0.2) is 64.6 Å². The van der Waals surface area contributed by atoms with Gasteiger partial charge in [-0.05, 0) is 65.7 Å². The quantitative estimate of drug-likeness (QED) is 0.455. The number of rotatable bonds is 5. The Bertz CT molecular complexity index is 1270. The van der Waals surface area contributed by atoms with Crippen LogP contribution in [0.3, 0.4) is 0 Å². The van der Waals surface area contributed by atoms with Gasteiger partial charge in [0.05, 0.1) is 21.1 Å². The molecule has 1 aromatic heterocycles. The van der Waals surface area contributed by atoms with Gasteiger partial charge in [-0.25, -0.2) is 0 Å².